The van der Waals surface area contributed by atoms with Crippen molar-refractivity contribution >= 4 is 16.7 Å². The molecule has 2 aromatic carbocycles. The van der Waals surface area contributed by atoms with E-state index < -0.39 is 6.36 Å². The van der Waals surface area contributed by atoms with E-state index in [0.29, 0.717) is 36.4 Å². The number of ether oxygens (including phenoxy) is 1. The summed E-state index contributed by atoms with van der Waals surface area (Å²) in [5, 5.41) is 0.420. The molecule has 0 unspecified atom stereocenters. The Kier molecular flexibility index (Phi) is 5.23. The Hall–Kier alpha value is -2.94. The molecular weight excluding hydrogens is 388 g/mol. The number of hydrogen-bond donors (Lipinski definition) is 0. The molecule has 0 aliphatic carbocycles. The summed E-state index contributed by atoms with van der Waals surface area (Å²) in [5.74, 6) is 0.00633. The standard InChI is InChI=1S/C20H18F4N4O/c21-16-2-1-3-17-18(16)19(26-13-25-17)28-10-8-27(9-11-28)12-14-4-6-15(7-5-14)29-20(22,23)24/h1-7,13H,8-12H2. The van der Waals surface area contributed by atoms with Gasteiger partial charge in [0.15, 0.2) is 0 Å². The summed E-state index contributed by atoms with van der Waals surface area (Å²) in [7, 11) is 0. The quantitative estimate of drug-likeness (QED) is 0.613. The molecule has 9 heteroatoms. The van der Waals surface area contributed by atoms with Gasteiger partial charge in [-0.05, 0) is 29.8 Å². The van der Waals surface area contributed by atoms with Gasteiger partial charge in [0.2, 0.25) is 0 Å². The lowest BCUT2D eigenvalue weighted by atomic mass is 10.1. The first-order valence-electron chi connectivity index (χ1n) is 9.10. The Morgan fingerprint density at radius 1 is 0.931 bits per heavy atom. The van der Waals surface area contributed by atoms with E-state index in [2.05, 4.69) is 19.6 Å². The van der Waals surface area contributed by atoms with Crippen LogP contribution in [0.4, 0.5) is 23.4 Å². The minimum absolute atomic E-state index is 0.233. The lowest BCUT2D eigenvalue weighted by molar-refractivity contribution is -0.274. The molecule has 152 valence electrons. The maximum atomic E-state index is 14.3. The highest BCUT2D eigenvalue weighted by Crippen LogP contribution is 2.27. The Balaban J connectivity index is 1.39. The van der Waals surface area contributed by atoms with Gasteiger partial charge in [0, 0.05) is 32.7 Å². The van der Waals surface area contributed by atoms with E-state index in [1.54, 1.807) is 24.3 Å². The van der Waals surface area contributed by atoms with Gasteiger partial charge < -0.3 is 9.64 Å². The summed E-state index contributed by atoms with van der Waals surface area (Å²) in [6.45, 7) is 3.38. The first kappa shape index (κ1) is 19.4. The highest BCUT2D eigenvalue weighted by Gasteiger charge is 2.31. The molecule has 4 rings (SSSR count). The molecule has 5 nitrogen and oxygen atoms in total. The van der Waals surface area contributed by atoms with Gasteiger partial charge in [-0.1, -0.05) is 18.2 Å². The van der Waals surface area contributed by atoms with Crippen molar-refractivity contribution in [3.8, 4) is 5.75 Å². The summed E-state index contributed by atoms with van der Waals surface area (Å²) in [4.78, 5) is 12.6. The second-order valence-corrected chi connectivity index (χ2v) is 6.79. The van der Waals surface area contributed by atoms with Crippen LogP contribution in [0.2, 0.25) is 0 Å². The van der Waals surface area contributed by atoms with E-state index in [1.807, 2.05) is 4.90 Å². The van der Waals surface area contributed by atoms with Gasteiger partial charge >= 0.3 is 6.36 Å². The Bertz CT molecular complexity index is 981. The van der Waals surface area contributed by atoms with E-state index in [0.717, 1.165) is 18.7 Å². The van der Waals surface area contributed by atoms with Gasteiger partial charge in [-0.15, -0.1) is 13.2 Å². The minimum Gasteiger partial charge on any atom is -0.406 e. The first-order valence-corrected chi connectivity index (χ1v) is 9.10. The van der Waals surface area contributed by atoms with Crippen LogP contribution >= 0.6 is 0 Å². The second kappa shape index (κ2) is 7.82. The monoisotopic (exact) mass is 406 g/mol. The number of alkyl halides is 3. The highest BCUT2D eigenvalue weighted by molar-refractivity contribution is 5.89. The molecule has 1 saturated heterocycles. The average molecular weight is 406 g/mol. The molecule has 29 heavy (non-hydrogen) atoms. The summed E-state index contributed by atoms with van der Waals surface area (Å²) >= 11 is 0. The van der Waals surface area contributed by atoms with Crippen LogP contribution in [0.15, 0.2) is 48.8 Å². The summed E-state index contributed by atoms with van der Waals surface area (Å²) in [5.41, 5.74) is 1.46. The molecule has 0 bridgehead atoms. The largest absolute Gasteiger partial charge is 0.573 e. The van der Waals surface area contributed by atoms with Crippen LogP contribution in [0.25, 0.3) is 10.9 Å². The molecule has 0 spiro atoms. The van der Waals surface area contributed by atoms with E-state index >= 15 is 0 Å². The van der Waals surface area contributed by atoms with Gasteiger partial charge in [0.25, 0.3) is 0 Å². The zero-order valence-corrected chi connectivity index (χ0v) is 15.4. The van der Waals surface area contributed by atoms with Crippen LogP contribution in [0.3, 0.4) is 0 Å². The fourth-order valence-electron chi connectivity index (χ4n) is 3.46. The van der Waals surface area contributed by atoms with E-state index in [-0.39, 0.29) is 11.6 Å². The molecule has 0 radical (unpaired) electrons. The molecule has 3 aromatic rings. The van der Waals surface area contributed by atoms with Crippen molar-refractivity contribution in [2.45, 2.75) is 12.9 Å². The number of piperazine rings is 1. The number of benzene rings is 2. The summed E-state index contributed by atoms with van der Waals surface area (Å²) in [6.07, 6.45) is -3.25. The van der Waals surface area contributed by atoms with Gasteiger partial charge in [0.1, 0.15) is 23.7 Å². The van der Waals surface area contributed by atoms with Crippen LogP contribution in [-0.2, 0) is 6.54 Å². The summed E-state index contributed by atoms with van der Waals surface area (Å²) in [6, 6.07) is 10.7. The maximum absolute atomic E-state index is 14.3. The molecule has 0 saturated carbocycles. The normalized spacial score (nSPS) is 15.7. The molecule has 0 N–H and O–H groups in total. The average Bonchev–Trinajstić information content (AvgIpc) is 2.69. The van der Waals surface area contributed by atoms with E-state index in [1.165, 1.54) is 24.5 Å². The first-order chi connectivity index (χ1) is 13.9. The Morgan fingerprint density at radius 2 is 1.66 bits per heavy atom. The number of rotatable bonds is 4. The van der Waals surface area contributed by atoms with Gasteiger partial charge in [-0.3, -0.25) is 4.90 Å². The fraction of sp³-hybridized carbons (Fsp3) is 0.300. The van der Waals surface area contributed by atoms with E-state index in [4.69, 9.17) is 0 Å². The fourth-order valence-corrected chi connectivity index (χ4v) is 3.46. The zero-order chi connectivity index (χ0) is 20.4. The minimum atomic E-state index is -4.69. The van der Waals surface area contributed by atoms with Gasteiger partial charge in [-0.25, -0.2) is 14.4 Å². The molecule has 1 fully saturated rings. The van der Waals surface area contributed by atoms with Crippen LogP contribution in [0, 0.1) is 5.82 Å². The predicted molar refractivity (Wildman–Crippen MR) is 100 cm³/mol. The third kappa shape index (κ3) is 4.56. The number of fused-ring (bicyclic) bond motifs is 1. The molecule has 0 amide bonds. The van der Waals surface area contributed by atoms with Crippen molar-refractivity contribution in [3.63, 3.8) is 0 Å². The SMILES string of the molecule is Fc1cccc2ncnc(N3CCN(Cc4ccc(OC(F)(F)F)cc4)CC3)c12. The Labute approximate surface area is 164 Å². The third-order valence-electron chi connectivity index (χ3n) is 4.83. The number of anilines is 1. The van der Waals surface area contributed by atoms with Gasteiger partial charge in [-0.2, -0.15) is 0 Å². The van der Waals surface area contributed by atoms with Crippen LogP contribution in [-0.4, -0.2) is 47.4 Å². The number of halogens is 4. The van der Waals surface area contributed by atoms with Gasteiger partial charge in [0.05, 0.1) is 10.9 Å². The third-order valence-corrected chi connectivity index (χ3v) is 4.83. The highest BCUT2D eigenvalue weighted by atomic mass is 19.4. The van der Waals surface area contributed by atoms with Crippen LogP contribution < -0.4 is 9.64 Å². The molecule has 1 aromatic heterocycles. The van der Waals surface area contributed by atoms with Crippen molar-refractivity contribution in [1.82, 2.24) is 14.9 Å². The van der Waals surface area contributed by atoms with Crippen LogP contribution in [0.1, 0.15) is 5.56 Å². The molecule has 1 aliphatic heterocycles. The van der Waals surface area contributed by atoms with Crippen molar-refractivity contribution in [2.24, 2.45) is 0 Å². The lowest BCUT2D eigenvalue weighted by Crippen LogP contribution is -2.46. The van der Waals surface area contributed by atoms with Crippen molar-refractivity contribution in [2.75, 3.05) is 31.1 Å². The van der Waals surface area contributed by atoms with Crippen molar-refractivity contribution in [3.05, 3.63) is 60.2 Å². The maximum Gasteiger partial charge on any atom is 0.573 e. The molecule has 0 atom stereocenters. The topological polar surface area (TPSA) is 41.5 Å². The second-order valence-electron chi connectivity index (χ2n) is 6.79. The molecular formula is C20H18F4N4O. The predicted octanol–water partition coefficient (Wildman–Crippen LogP) is 3.99. The summed E-state index contributed by atoms with van der Waals surface area (Å²) < 4.78 is 54.9. The lowest BCUT2D eigenvalue weighted by Gasteiger charge is -2.35. The van der Waals surface area contributed by atoms with Crippen molar-refractivity contribution < 1.29 is 22.3 Å². The molecule has 2 heterocycles. The number of hydrogen-bond acceptors (Lipinski definition) is 5. The smallest absolute Gasteiger partial charge is 0.406 e. The van der Waals surface area contributed by atoms with E-state index in [9.17, 15) is 17.6 Å². The number of aromatic nitrogens is 2. The van der Waals surface area contributed by atoms with Crippen molar-refractivity contribution in [1.29, 1.82) is 0 Å². The number of nitrogens with zero attached hydrogens (tertiary/aromatic N) is 4. The molecule has 1 aliphatic rings. The Morgan fingerprint density at radius 3 is 2.34 bits per heavy atom. The van der Waals surface area contributed by atoms with Crippen LogP contribution in [0.5, 0.6) is 5.75 Å². The zero-order valence-electron chi connectivity index (χ0n) is 15.4.